The fourth-order valence-electron chi connectivity index (χ4n) is 2.72. The van der Waals surface area contributed by atoms with Crippen molar-refractivity contribution >= 4 is 5.91 Å². The second kappa shape index (κ2) is 8.30. The highest BCUT2D eigenvalue weighted by Crippen LogP contribution is 2.26. The van der Waals surface area contributed by atoms with Crippen molar-refractivity contribution in [2.75, 3.05) is 6.54 Å². The Balaban J connectivity index is 1.69. The number of nitrogens with one attached hydrogen (secondary N) is 1. The maximum atomic E-state index is 12.6. The molecule has 0 aliphatic heterocycles. The topological polar surface area (TPSA) is 51.2 Å². The molecule has 0 aliphatic rings. The Bertz CT molecular complexity index is 892. The predicted octanol–water partition coefficient (Wildman–Crippen LogP) is 4.46. The first kappa shape index (κ1) is 17.7. The normalized spacial score (nSPS) is 10.4. The average molecular weight is 346 g/mol. The van der Waals surface area contributed by atoms with Gasteiger partial charge in [-0.1, -0.05) is 48.0 Å². The number of benzene rings is 2. The standard InChI is InChI=1S/C22H22N2O2/c1-16-10-11-20(17(2)15-16)26-22-19(9-6-13-24-22)21(25)23-14-12-18-7-4-3-5-8-18/h3-11,13,15H,12,14H2,1-2H3,(H,23,25). The van der Waals surface area contributed by atoms with E-state index in [0.29, 0.717) is 23.7 Å². The Morgan fingerprint density at radius 3 is 2.62 bits per heavy atom. The number of hydrogen-bond donors (Lipinski definition) is 1. The summed E-state index contributed by atoms with van der Waals surface area (Å²) in [4.78, 5) is 16.8. The number of hydrogen-bond acceptors (Lipinski definition) is 3. The number of ether oxygens (including phenoxy) is 1. The van der Waals surface area contributed by atoms with Gasteiger partial charge in [0.25, 0.3) is 5.91 Å². The molecule has 4 heteroatoms. The highest BCUT2D eigenvalue weighted by atomic mass is 16.5. The second-order valence-electron chi connectivity index (χ2n) is 6.22. The van der Waals surface area contributed by atoms with Crippen LogP contribution < -0.4 is 10.1 Å². The molecule has 1 amide bonds. The highest BCUT2D eigenvalue weighted by Gasteiger charge is 2.14. The number of carbonyl (C=O) groups is 1. The van der Waals surface area contributed by atoms with Crippen LogP contribution in [-0.4, -0.2) is 17.4 Å². The van der Waals surface area contributed by atoms with Crippen LogP contribution in [0.15, 0.2) is 66.9 Å². The molecule has 0 saturated heterocycles. The van der Waals surface area contributed by atoms with Crippen molar-refractivity contribution in [1.82, 2.24) is 10.3 Å². The molecular weight excluding hydrogens is 324 g/mol. The monoisotopic (exact) mass is 346 g/mol. The van der Waals surface area contributed by atoms with Crippen molar-refractivity contribution < 1.29 is 9.53 Å². The first-order chi connectivity index (χ1) is 12.6. The molecule has 132 valence electrons. The number of pyridine rings is 1. The first-order valence-corrected chi connectivity index (χ1v) is 8.66. The fourth-order valence-corrected chi connectivity index (χ4v) is 2.72. The number of nitrogens with zero attached hydrogens (tertiary/aromatic N) is 1. The van der Waals surface area contributed by atoms with Crippen LogP contribution in [0.4, 0.5) is 0 Å². The number of amides is 1. The molecule has 0 aliphatic carbocycles. The van der Waals surface area contributed by atoms with Crippen LogP contribution >= 0.6 is 0 Å². The summed E-state index contributed by atoms with van der Waals surface area (Å²) in [6.07, 6.45) is 2.40. The Kier molecular flexibility index (Phi) is 5.64. The summed E-state index contributed by atoms with van der Waals surface area (Å²) in [6, 6.07) is 19.4. The third-order valence-electron chi connectivity index (χ3n) is 4.09. The van der Waals surface area contributed by atoms with Gasteiger partial charge >= 0.3 is 0 Å². The van der Waals surface area contributed by atoms with Gasteiger partial charge in [0.15, 0.2) is 0 Å². The SMILES string of the molecule is Cc1ccc(Oc2ncccc2C(=O)NCCc2ccccc2)c(C)c1. The van der Waals surface area contributed by atoms with E-state index in [1.165, 1.54) is 5.56 Å². The first-order valence-electron chi connectivity index (χ1n) is 8.66. The van der Waals surface area contributed by atoms with E-state index >= 15 is 0 Å². The molecule has 0 unspecified atom stereocenters. The van der Waals surface area contributed by atoms with Crippen LogP contribution in [0.1, 0.15) is 27.0 Å². The van der Waals surface area contributed by atoms with Gasteiger partial charge in [-0.25, -0.2) is 4.98 Å². The van der Waals surface area contributed by atoms with Crippen LogP contribution in [0.5, 0.6) is 11.6 Å². The largest absolute Gasteiger partial charge is 0.438 e. The molecule has 0 fully saturated rings. The number of aryl methyl sites for hydroxylation is 2. The quantitative estimate of drug-likeness (QED) is 0.717. The third-order valence-corrected chi connectivity index (χ3v) is 4.09. The van der Waals surface area contributed by atoms with Crippen molar-refractivity contribution in [2.45, 2.75) is 20.3 Å². The predicted molar refractivity (Wildman–Crippen MR) is 103 cm³/mol. The second-order valence-corrected chi connectivity index (χ2v) is 6.22. The van der Waals surface area contributed by atoms with E-state index in [4.69, 9.17) is 4.74 Å². The Labute approximate surface area is 153 Å². The van der Waals surface area contributed by atoms with E-state index in [0.717, 1.165) is 17.5 Å². The van der Waals surface area contributed by atoms with Gasteiger partial charge in [-0.05, 0) is 49.6 Å². The van der Waals surface area contributed by atoms with E-state index in [1.807, 2.05) is 62.4 Å². The lowest BCUT2D eigenvalue weighted by atomic mass is 10.1. The van der Waals surface area contributed by atoms with E-state index in [2.05, 4.69) is 10.3 Å². The summed E-state index contributed by atoms with van der Waals surface area (Å²) in [5.41, 5.74) is 3.78. The van der Waals surface area contributed by atoms with Gasteiger partial charge < -0.3 is 10.1 Å². The molecule has 0 atom stereocenters. The highest BCUT2D eigenvalue weighted by molar-refractivity contribution is 5.96. The maximum absolute atomic E-state index is 12.6. The van der Waals surface area contributed by atoms with E-state index in [1.54, 1.807) is 18.3 Å². The van der Waals surface area contributed by atoms with Gasteiger partial charge in [0.2, 0.25) is 5.88 Å². The third kappa shape index (κ3) is 4.48. The van der Waals surface area contributed by atoms with Crippen molar-refractivity contribution in [1.29, 1.82) is 0 Å². The molecule has 4 nitrogen and oxygen atoms in total. The average Bonchev–Trinajstić information content (AvgIpc) is 2.65. The molecule has 1 aromatic heterocycles. The van der Waals surface area contributed by atoms with E-state index in [-0.39, 0.29) is 5.91 Å². The lowest BCUT2D eigenvalue weighted by Gasteiger charge is -2.12. The molecular formula is C22H22N2O2. The zero-order valence-corrected chi connectivity index (χ0v) is 15.0. The van der Waals surface area contributed by atoms with Gasteiger partial charge in [-0.2, -0.15) is 0 Å². The summed E-state index contributed by atoms with van der Waals surface area (Å²) in [7, 11) is 0. The van der Waals surface area contributed by atoms with Gasteiger partial charge in [0.1, 0.15) is 11.3 Å². The summed E-state index contributed by atoms with van der Waals surface area (Å²) < 4.78 is 5.91. The minimum absolute atomic E-state index is 0.186. The van der Waals surface area contributed by atoms with Crippen molar-refractivity contribution in [3.63, 3.8) is 0 Å². The van der Waals surface area contributed by atoms with Gasteiger partial charge in [-0.3, -0.25) is 4.79 Å². The minimum atomic E-state index is -0.186. The molecule has 1 heterocycles. The molecule has 0 radical (unpaired) electrons. The van der Waals surface area contributed by atoms with Crippen LogP contribution in [0.3, 0.4) is 0 Å². The van der Waals surface area contributed by atoms with Crippen molar-refractivity contribution in [3.8, 4) is 11.6 Å². The minimum Gasteiger partial charge on any atom is -0.438 e. The Hall–Kier alpha value is -3.14. The Morgan fingerprint density at radius 1 is 1.04 bits per heavy atom. The van der Waals surface area contributed by atoms with Crippen molar-refractivity contribution in [3.05, 3.63) is 89.1 Å². The van der Waals surface area contributed by atoms with Crippen molar-refractivity contribution in [2.24, 2.45) is 0 Å². The van der Waals surface area contributed by atoms with Gasteiger partial charge in [0.05, 0.1) is 0 Å². The molecule has 3 rings (SSSR count). The Morgan fingerprint density at radius 2 is 1.85 bits per heavy atom. The molecule has 26 heavy (non-hydrogen) atoms. The summed E-state index contributed by atoms with van der Waals surface area (Å²) >= 11 is 0. The zero-order chi connectivity index (χ0) is 18.4. The summed E-state index contributed by atoms with van der Waals surface area (Å²) in [6.45, 7) is 4.56. The van der Waals surface area contributed by atoms with Crippen LogP contribution in [0.2, 0.25) is 0 Å². The van der Waals surface area contributed by atoms with Gasteiger partial charge in [0, 0.05) is 12.7 Å². The smallest absolute Gasteiger partial charge is 0.256 e. The lowest BCUT2D eigenvalue weighted by Crippen LogP contribution is -2.26. The van der Waals surface area contributed by atoms with E-state index < -0.39 is 0 Å². The van der Waals surface area contributed by atoms with Crippen LogP contribution in [0, 0.1) is 13.8 Å². The zero-order valence-electron chi connectivity index (χ0n) is 15.0. The fraction of sp³-hybridized carbons (Fsp3) is 0.182. The van der Waals surface area contributed by atoms with Gasteiger partial charge in [-0.15, -0.1) is 0 Å². The molecule has 0 saturated carbocycles. The summed E-state index contributed by atoms with van der Waals surface area (Å²) in [5, 5.41) is 2.94. The maximum Gasteiger partial charge on any atom is 0.256 e. The number of carbonyl (C=O) groups excluding carboxylic acids is 1. The molecule has 2 aromatic carbocycles. The van der Waals surface area contributed by atoms with Crippen LogP contribution in [0.25, 0.3) is 0 Å². The number of rotatable bonds is 6. The molecule has 3 aromatic rings. The van der Waals surface area contributed by atoms with Crippen LogP contribution in [-0.2, 0) is 6.42 Å². The number of aromatic nitrogens is 1. The molecule has 0 bridgehead atoms. The summed E-state index contributed by atoms with van der Waals surface area (Å²) in [5.74, 6) is 0.832. The van der Waals surface area contributed by atoms with E-state index in [9.17, 15) is 4.79 Å². The lowest BCUT2D eigenvalue weighted by molar-refractivity contribution is 0.0951. The molecule has 0 spiro atoms. The molecule has 1 N–H and O–H groups in total.